The van der Waals surface area contributed by atoms with Crippen molar-refractivity contribution in [1.82, 2.24) is 10.2 Å². The molecule has 0 bridgehead atoms. The van der Waals surface area contributed by atoms with Crippen molar-refractivity contribution in [2.24, 2.45) is 0 Å². The fourth-order valence-electron chi connectivity index (χ4n) is 2.08. The molecule has 1 aliphatic rings. The quantitative estimate of drug-likeness (QED) is 0.771. The van der Waals surface area contributed by atoms with E-state index in [1.54, 1.807) is 0 Å². The molecule has 1 fully saturated rings. The van der Waals surface area contributed by atoms with Crippen LogP contribution in [0.1, 0.15) is 27.7 Å². The van der Waals surface area contributed by atoms with Gasteiger partial charge >= 0.3 is 0 Å². The molecule has 0 atom stereocenters. The highest BCUT2D eigenvalue weighted by atomic mass is 32.2. The van der Waals surface area contributed by atoms with E-state index in [9.17, 15) is 0 Å². The molecule has 1 heterocycles. The summed E-state index contributed by atoms with van der Waals surface area (Å²) in [5.74, 6) is 0. The largest absolute Gasteiger partial charge is 0.314 e. The van der Waals surface area contributed by atoms with Gasteiger partial charge in [0.05, 0.1) is 0 Å². The van der Waals surface area contributed by atoms with Gasteiger partial charge in [0.25, 0.3) is 0 Å². The summed E-state index contributed by atoms with van der Waals surface area (Å²) in [6.07, 6.45) is 0. The Bertz CT molecular complexity index is 163. The molecule has 0 spiro atoms. The van der Waals surface area contributed by atoms with Crippen molar-refractivity contribution in [1.29, 1.82) is 0 Å². The number of piperazine rings is 1. The normalized spacial score (nSPS) is 20.4. The predicted octanol–water partition coefficient (Wildman–Crippen LogP) is 1.81. The number of hydrogen-bond donors (Lipinski definition) is 1. The van der Waals surface area contributed by atoms with Gasteiger partial charge < -0.3 is 5.32 Å². The fourth-order valence-corrected chi connectivity index (χ4v) is 3.62. The van der Waals surface area contributed by atoms with Gasteiger partial charge in [-0.15, -0.1) is 0 Å². The summed E-state index contributed by atoms with van der Waals surface area (Å²) in [5, 5.41) is 4.12. The molecule has 0 saturated carbocycles. The van der Waals surface area contributed by atoms with Crippen LogP contribution in [0.3, 0.4) is 0 Å². The first-order chi connectivity index (χ1) is 6.49. The summed E-state index contributed by atoms with van der Waals surface area (Å²) in [6, 6.07) is 0. The third-order valence-electron chi connectivity index (χ3n) is 2.37. The SMILES string of the molecule is CC(C)SC(C)(C)CN1CCNCC1. The first-order valence-electron chi connectivity index (χ1n) is 5.60. The molecule has 1 N–H and O–H groups in total. The molecule has 84 valence electrons. The minimum atomic E-state index is 0.394. The lowest BCUT2D eigenvalue weighted by Gasteiger charge is -2.35. The molecule has 0 unspecified atom stereocenters. The average molecular weight is 216 g/mol. The van der Waals surface area contributed by atoms with Crippen molar-refractivity contribution >= 4 is 11.8 Å². The Hall–Kier alpha value is 0.270. The van der Waals surface area contributed by atoms with E-state index in [2.05, 4.69) is 49.7 Å². The van der Waals surface area contributed by atoms with Gasteiger partial charge in [-0.3, -0.25) is 4.90 Å². The minimum Gasteiger partial charge on any atom is -0.314 e. The molecule has 0 aromatic heterocycles. The van der Waals surface area contributed by atoms with Crippen LogP contribution >= 0.6 is 11.8 Å². The minimum absolute atomic E-state index is 0.394. The molecule has 3 heteroatoms. The summed E-state index contributed by atoms with van der Waals surface area (Å²) >= 11 is 2.09. The van der Waals surface area contributed by atoms with E-state index in [1.807, 2.05) is 0 Å². The Morgan fingerprint density at radius 1 is 1.29 bits per heavy atom. The first-order valence-corrected chi connectivity index (χ1v) is 6.48. The van der Waals surface area contributed by atoms with Gasteiger partial charge in [-0.25, -0.2) is 0 Å². The molecular formula is C11H24N2S. The van der Waals surface area contributed by atoms with Crippen LogP contribution in [0.25, 0.3) is 0 Å². The van der Waals surface area contributed by atoms with Crippen LogP contribution in [0.15, 0.2) is 0 Å². The van der Waals surface area contributed by atoms with Crippen molar-refractivity contribution in [3.05, 3.63) is 0 Å². The zero-order chi connectivity index (χ0) is 10.6. The van der Waals surface area contributed by atoms with E-state index < -0.39 is 0 Å². The Morgan fingerprint density at radius 3 is 2.36 bits per heavy atom. The molecule has 0 aromatic carbocycles. The summed E-state index contributed by atoms with van der Waals surface area (Å²) in [7, 11) is 0. The lowest BCUT2D eigenvalue weighted by Crippen LogP contribution is -2.48. The van der Waals surface area contributed by atoms with Gasteiger partial charge in [-0.05, 0) is 19.1 Å². The second kappa shape index (κ2) is 5.38. The maximum absolute atomic E-state index is 3.39. The van der Waals surface area contributed by atoms with Gasteiger partial charge in [0, 0.05) is 37.5 Å². The lowest BCUT2D eigenvalue weighted by atomic mass is 10.2. The van der Waals surface area contributed by atoms with Crippen molar-refractivity contribution < 1.29 is 0 Å². The van der Waals surface area contributed by atoms with Crippen molar-refractivity contribution in [3.8, 4) is 0 Å². The molecule has 1 saturated heterocycles. The van der Waals surface area contributed by atoms with Crippen LogP contribution in [0.5, 0.6) is 0 Å². The highest BCUT2D eigenvalue weighted by Crippen LogP contribution is 2.29. The Morgan fingerprint density at radius 2 is 1.86 bits per heavy atom. The molecule has 2 nitrogen and oxygen atoms in total. The Kier molecular flexibility index (Phi) is 4.74. The van der Waals surface area contributed by atoms with E-state index >= 15 is 0 Å². The number of rotatable bonds is 4. The van der Waals surface area contributed by atoms with Crippen LogP contribution in [-0.4, -0.2) is 47.6 Å². The van der Waals surface area contributed by atoms with Gasteiger partial charge in [-0.1, -0.05) is 13.8 Å². The van der Waals surface area contributed by atoms with Crippen LogP contribution < -0.4 is 5.32 Å². The highest BCUT2D eigenvalue weighted by molar-refractivity contribution is 8.01. The van der Waals surface area contributed by atoms with Crippen LogP contribution in [-0.2, 0) is 0 Å². The van der Waals surface area contributed by atoms with Gasteiger partial charge in [0.15, 0.2) is 0 Å². The highest BCUT2D eigenvalue weighted by Gasteiger charge is 2.24. The van der Waals surface area contributed by atoms with E-state index in [1.165, 1.54) is 19.6 Å². The summed E-state index contributed by atoms with van der Waals surface area (Å²) in [6.45, 7) is 15.2. The molecule has 0 aromatic rings. The summed E-state index contributed by atoms with van der Waals surface area (Å²) < 4.78 is 0.394. The van der Waals surface area contributed by atoms with Gasteiger partial charge in [0.1, 0.15) is 0 Å². The average Bonchev–Trinajstić information content (AvgIpc) is 2.02. The zero-order valence-electron chi connectivity index (χ0n) is 9.97. The van der Waals surface area contributed by atoms with Crippen LogP contribution in [0.4, 0.5) is 0 Å². The van der Waals surface area contributed by atoms with Crippen molar-refractivity contribution in [3.63, 3.8) is 0 Å². The maximum atomic E-state index is 3.39. The molecule has 0 amide bonds. The second-order valence-corrected chi connectivity index (χ2v) is 7.24. The first kappa shape index (κ1) is 12.3. The molecule has 0 aliphatic carbocycles. The van der Waals surface area contributed by atoms with Gasteiger partial charge in [0.2, 0.25) is 0 Å². The standard InChI is InChI=1S/C11H24N2S/c1-10(2)14-11(3,4)9-13-7-5-12-6-8-13/h10,12H,5-9H2,1-4H3. The van der Waals surface area contributed by atoms with E-state index in [-0.39, 0.29) is 0 Å². The predicted molar refractivity (Wildman–Crippen MR) is 66.1 cm³/mol. The maximum Gasteiger partial charge on any atom is 0.0233 e. The Labute approximate surface area is 92.8 Å². The van der Waals surface area contributed by atoms with E-state index in [0.29, 0.717) is 4.75 Å². The number of nitrogens with one attached hydrogen (secondary N) is 1. The molecule has 14 heavy (non-hydrogen) atoms. The molecule has 1 rings (SSSR count). The molecule has 1 aliphatic heterocycles. The molecular weight excluding hydrogens is 192 g/mol. The smallest absolute Gasteiger partial charge is 0.0233 e. The number of hydrogen-bond acceptors (Lipinski definition) is 3. The second-order valence-electron chi connectivity index (χ2n) is 4.95. The number of thioether (sulfide) groups is 1. The summed E-state index contributed by atoms with van der Waals surface area (Å²) in [5.41, 5.74) is 0. The Balaban J connectivity index is 2.32. The lowest BCUT2D eigenvalue weighted by molar-refractivity contribution is 0.226. The van der Waals surface area contributed by atoms with Crippen molar-refractivity contribution in [2.45, 2.75) is 37.7 Å². The summed E-state index contributed by atoms with van der Waals surface area (Å²) in [4.78, 5) is 2.58. The van der Waals surface area contributed by atoms with Crippen molar-refractivity contribution in [2.75, 3.05) is 32.7 Å². The monoisotopic (exact) mass is 216 g/mol. The van der Waals surface area contributed by atoms with Crippen LogP contribution in [0, 0.1) is 0 Å². The van der Waals surface area contributed by atoms with Gasteiger partial charge in [-0.2, -0.15) is 11.8 Å². The fraction of sp³-hybridized carbons (Fsp3) is 1.00. The van der Waals surface area contributed by atoms with E-state index in [4.69, 9.17) is 0 Å². The third kappa shape index (κ3) is 4.67. The van der Waals surface area contributed by atoms with E-state index in [0.717, 1.165) is 18.3 Å². The topological polar surface area (TPSA) is 15.3 Å². The number of nitrogens with zero attached hydrogens (tertiary/aromatic N) is 1. The van der Waals surface area contributed by atoms with Crippen LogP contribution in [0.2, 0.25) is 0 Å². The third-order valence-corrected chi connectivity index (χ3v) is 3.61. The zero-order valence-corrected chi connectivity index (χ0v) is 10.8. The molecule has 0 radical (unpaired) electrons.